The van der Waals surface area contributed by atoms with E-state index in [-0.39, 0.29) is 30.8 Å². The second-order valence-electron chi connectivity index (χ2n) is 9.66. The highest BCUT2D eigenvalue weighted by molar-refractivity contribution is 5.89. The first kappa shape index (κ1) is 25.8. The Hall–Kier alpha value is -3.88. The molecule has 0 aromatic heterocycles. The number of rotatable bonds is 10. The first-order valence-corrected chi connectivity index (χ1v) is 12.9. The maximum Gasteiger partial charge on any atom is 0.337 e. The van der Waals surface area contributed by atoms with Crippen LogP contribution in [0.15, 0.2) is 72.8 Å². The van der Waals surface area contributed by atoms with Gasteiger partial charge in [-0.05, 0) is 53.8 Å². The molecule has 2 atom stereocenters. The Bertz CT molecular complexity index is 1250. The molecule has 1 saturated heterocycles. The minimum absolute atomic E-state index is 0.0494. The average molecular weight is 516 g/mol. The molecule has 2 aliphatic rings. The summed E-state index contributed by atoms with van der Waals surface area (Å²) in [5.74, 6) is 1.23. The zero-order chi connectivity index (χ0) is 26.3. The molecule has 2 aliphatic heterocycles. The first-order valence-electron chi connectivity index (χ1n) is 12.9. The number of hydrogen-bond donors (Lipinski definition) is 2. The van der Waals surface area contributed by atoms with E-state index in [9.17, 15) is 9.59 Å². The van der Waals surface area contributed by atoms with Gasteiger partial charge in [0.15, 0.2) is 11.5 Å². The topological polar surface area (TPSA) is 89.1 Å². The molecule has 2 heterocycles. The standard InChI is InChI=1S/C30H33N3O5/c1-36-30(35)24-10-7-22(8-11-24)17-32-25-16-26(33(19-25)18-23-5-3-2-4-6-23)29(34)31-14-13-21-9-12-27-28(15-21)38-20-37-27/h2-12,15,25-26,32H,13-14,16-20H2,1H3,(H,31,34)/t25-,26-/m0/s1. The van der Waals surface area contributed by atoms with Crippen molar-refractivity contribution in [3.63, 3.8) is 0 Å². The normalized spacial score (nSPS) is 18.3. The van der Waals surface area contributed by atoms with Crippen LogP contribution >= 0.6 is 0 Å². The van der Waals surface area contributed by atoms with E-state index >= 15 is 0 Å². The van der Waals surface area contributed by atoms with Crippen LogP contribution < -0.4 is 20.1 Å². The summed E-state index contributed by atoms with van der Waals surface area (Å²) in [5, 5.41) is 6.75. The van der Waals surface area contributed by atoms with Gasteiger partial charge in [-0.3, -0.25) is 9.69 Å². The highest BCUT2D eigenvalue weighted by Crippen LogP contribution is 2.32. The number of nitrogens with one attached hydrogen (secondary N) is 2. The number of amides is 1. The Morgan fingerprint density at radius 3 is 2.50 bits per heavy atom. The number of nitrogens with zero attached hydrogens (tertiary/aromatic N) is 1. The van der Waals surface area contributed by atoms with Crippen LogP contribution in [-0.4, -0.2) is 55.9 Å². The highest BCUT2D eigenvalue weighted by Gasteiger charge is 2.36. The summed E-state index contributed by atoms with van der Waals surface area (Å²) in [6.45, 7) is 2.95. The number of hydrogen-bond acceptors (Lipinski definition) is 7. The van der Waals surface area contributed by atoms with E-state index < -0.39 is 0 Å². The third-order valence-electron chi connectivity index (χ3n) is 7.05. The lowest BCUT2D eigenvalue weighted by Crippen LogP contribution is -2.43. The van der Waals surface area contributed by atoms with Crippen LogP contribution in [-0.2, 0) is 29.0 Å². The third-order valence-corrected chi connectivity index (χ3v) is 7.05. The van der Waals surface area contributed by atoms with Crippen molar-refractivity contribution in [2.75, 3.05) is 27.0 Å². The van der Waals surface area contributed by atoms with Crippen LogP contribution in [0.3, 0.4) is 0 Å². The molecule has 198 valence electrons. The number of methoxy groups -OCH3 is 1. The van der Waals surface area contributed by atoms with Crippen molar-refractivity contribution < 1.29 is 23.8 Å². The van der Waals surface area contributed by atoms with Crippen molar-refractivity contribution in [3.8, 4) is 11.5 Å². The SMILES string of the molecule is COC(=O)c1ccc(CN[C@H]2C[C@@H](C(=O)NCCc3ccc4c(c3)OCO4)N(Cc3ccccc3)C2)cc1. The first-order chi connectivity index (χ1) is 18.6. The number of fused-ring (bicyclic) bond motifs is 1. The lowest BCUT2D eigenvalue weighted by Gasteiger charge is -2.23. The fourth-order valence-corrected chi connectivity index (χ4v) is 5.00. The van der Waals surface area contributed by atoms with Gasteiger partial charge < -0.3 is 24.8 Å². The van der Waals surface area contributed by atoms with Gasteiger partial charge in [0.2, 0.25) is 12.7 Å². The molecule has 0 radical (unpaired) electrons. The van der Waals surface area contributed by atoms with E-state index in [1.54, 1.807) is 12.1 Å². The molecule has 8 heteroatoms. The van der Waals surface area contributed by atoms with Gasteiger partial charge in [0.25, 0.3) is 0 Å². The zero-order valence-corrected chi connectivity index (χ0v) is 21.5. The van der Waals surface area contributed by atoms with Crippen molar-refractivity contribution in [1.82, 2.24) is 15.5 Å². The lowest BCUT2D eigenvalue weighted by molar-refractivity contribution is -0.125. The number of carbonyl (C=O) groups excluding carboxylic acids is 2. The summed E-state index contributed by atoms with van der Waals surface area (Å²) < 4.78 is 15.6. The third kappa shape index (κ3) is 6.33. The predicted molar refractivity (Wildman–Crippen MR) is 143 cm³/mol. The molecule has 3 aromatic carbocycles. The molecule has 1 fully saturated rings. The summed E-state index contributed by atoms with van der Waals surface area (Å²) in [6.07, 6.45) is 1.44. The summed E-state index contributed by atoms with van der Waals surface area (Å²) in [7, 11) is 1.38. The second kappa shape index (κ2) is 12.1. The van der Waals surface area contributed by atoms with E-state index in [0.717, 1.165) is 42.0 Å². The van der Waals surface area contributed by atoms with Crippen LogP contribution in [0.25, 0.3) is 0 Å². The number of carbonyl (C=O) groups is 2. The van der Waals surface area contributed by atoms with E-state index in [1.165, 1.54) is 12.7 Å². The second-order valence-corrected chi connectivity index (χ2v) is 9.66. The Kier molecular flexibility index (Phi) is 8.21. The molecule has 0 aliphatic carbocycles. The van der Waals surface area contributed by atoms with Crippen molar-refractivity contribution in [3.05, 3.63) is 95.1 Å². The molecule has 2 N–H and O–H groups in total. The fourth-order valence-electron chi connectivity index (χ4n) is 5.00. The van der Waals surface area contributed by atoms with Crippen LogP contribution in [0.4, 0.5) is 0 Å². The smallest absolute Gasteiger partial charge is 0.337 e. The summed E-state index contributed by atoms with van der Waals surface area (Å²) in [6, 6.07) is 23.5. The van der Waals surface area contributed by atoms with Gasteiger partial charge in [0.1, 0.15) is 0 Å². The van der Waals surface area contributed by atoms with Crippen molar-refractivity contribution in [2.45, 2.75) is 38.0 Å². The highest BCUT2D eigenvalue weighted by atomic mass is 16.7. The molecule has 0 spiro atoms. The molecule has 38 heavy (non-hydrogen) atoms. The van der Waals surface area contributed by atoms with Crippen LogP contribution in [0.5, 0.6) is 11.5 Å². The minimum Gasteiger partial charge on any atom is -0.465 e. The van der Waals surface area contributed by atoms with Gasteiger partial charge >= 0.3 is 5.97 Å². The Labute approximate surface area is 222 Å². The molecule has 8 nitrogen and oxygen atoms in total. The quantitative estimate of drug-likeness (QED) is 0.401. The molecule has 0 bridgehead atoms. The van der Waals surface area contributed by atoms with Gasteiger partial charge in [-0.25, -0.2) is 4.79 Å². The monoisotopic (exact) mass is 515 g/mol. The molecule has 5 rings (SSSR count). The van der Waals surface area contributed by atoms with Gasteiger partial charge in [-0.15, -0.1) is 0 Å². The van der Waals surface area contributed by atoms with Crippen molar-refractivity contribution in [1.29, 1.82) is 0 Å². The van der Waals surface area contributed by atoms with E-state index in [1.807, 2.05) is 48.5 Å². The average Bonchev–Trinajstić information content (AvgIpc) is 3.59. The van der Waals surface area contributed by atoms with E-state index in [0.29, 0.717) is 25.2 Å². The van der Waals surface area contributed by atoms with Crippen molar-refractivity contribution in [2.24, 2.45) is 0 Å². The van der Waals surface area contributed by atoms with E-state index in [2.05, 4.69) is 27.7 Å². The molecular formula is C30H33N3O5. The number of benzene rings is 3. The number of likely N-dealkylation sites (tertiary alicyclic amines) is 1. The Morgan fingerprint density at radius 2 is 1.71 bits per heavy atom. The Balaban J connectivity index is 1.18. The molecule has 1 amide bonds. The predicted octanol–water partition coefficient (Wildman–Crippen LogP) is 3.29. The molecular weight excluding hydrogens is 482 g/mol. The maximum absolute atomic E-state index is 13.3. The van der Waals surface area contributed by atoms with Crippen molar-refractivity contribution >= 4 is 11.9 Å². The molecule has 3 aromatic rings. The van der Waals surface area contributed by atoms with Gasteiger partial charge in [0.05, 0.1) is 18.7 Å². The molecule has 0 saturated carbocycles. The maximum atomic E-state index is 13.3. The van der Waals surface area contributed by atoms with Crippen LogP contribution in [0.1, 0.15) is 33.5 Å². The minimum atomic E-state index is -0.343. The van der Waals surface area contributed by atoms with Crippen LogP contribution in [0.2, 0.25) is 0 Å². The van der Waals surface area contributed by atoms with E-state index in [4.69, 9.17) is 14.2 Å². The number of esters is 1. The van der Waals surface area contributed by atoms with Gasteiger partial charge in [0, 0.05) is 32.2 Å². The lowest BCUT2D eigenvalue weighted by atomic mass is 10.1. The summed E-state index contributed by atoms with van der Waals surface area (Å²) in [4.78, 5) is 27.2. The summed E-state index contributed by atoms with van der Waals surface area (Å²) in [5.41, 5.74) is 3.89. The largest absolute Gasteiger partial charge is 0.465 e. The number of ether oxygens (including phenoxy) is 3. The summed E-state index contributed by atoms with van der Waals surface area (Å²) >= 11 is 0. The Morgan fingerprint density at radius 1 is 0.947 bits per heavy atom. The van der Waals surface area contributed by atoms with Crippen LogP contribution in [0, 0.1) is 0 Å². The fraction of sp³-hybridized carbons (Fsp3) is 0.333. The molecule has 0 unspecified atom stereocenters. The van der Waals surface area contributed by atoms with Gasteiger partial charge in [-0.1, -0.05) is 48.5 Å². The van der Waals surface area contributed by atoms with Gasteiger partial charge in [-0.2, -0.15) is 0 Å². The zero-order valence-electron chi connectivity index (χ0n) is 21.5.